The molecule has 0 aliphatic carbocycles. The van der Waals surface area contributed by atoms with Crippen LogP contribution in [-0.4, -0.2) is 41.1 Å². The third-order valence-electron chi connectivity index (χ3n) is 6.04. The number of nitrogens with zero attached hydrogens (tertiary/aromatic N) is 2. The minimum absolute atomic E-state index is 0.146. The van der Waals surface area contributed by atoms with Gasteiger partial charge in [-0.1, -0.05) is 60.7 Å². The molecule has 2 heterocycles. The fourth-order valence-corrected chi connectivity index (χ4v) is 4.60. The van der Waals surface area contributed by atoms with Gasteiger partial charge in [0.15, 0.2) is 0 Å². The van der Waals surface area contributed by atoms with Gasteiger partial charge in [-0.2, -0.15) is 0 Å². The molecular formula is C27H32N4O. The molecule has 3 aromatic rings. The lowest BCUT2D eigenvalue weighted by atomic mass is 9.98. The molecule has 1 saturated heterocycles. The van der Waals surface area contributed by atoms with Crippen LogP contribution in [0, 0.1) is 13.8 Å². The number of carbonyl (C=O) groups excluding carboxylic acids is 1. The second-order valence-electron chi connectivity index (χ2n) is 8.75. The fourth-order valence-electron chi connectivity index (χ4n) is 4.60. The maximum absolute atomic E-state index is 12.6. The molecule has 1 atom stereocenters. The number of likely N-dealkylation sites (tertiary alicyclic amines) is 1. The van der Waals surface area contributed by atoms with E-state index in [4.69, 9.17) is 0 Å². The van der Waals surface area contributed by atoms with E-state index in [1.807, 2.05) is 26.0 Å². The largest absolute Gasteiger partial charge is 0.334 e. The van der Waals surface area contributed by atoms with Gasteiger partial charge in [-0.3, -0.25) is 9.88 Å². The van der Waals surface area contributed by atoms with Gasteiger partial charge in [0.25, 0.3) is 0 Å². The van der Waals surface area contributed by atoms with E-state index in [1.165, 1.54) is 11.1 Å². The van der Waals surface area contributed by atoms with Crippen LogP contribution < -0.4 is 10.6 Å². The molecule has 4 rings (SSSR count). The second kappa shape index (κ2) is 10.4. The van der Waals surface area contributed by atoms with Crippen LogP contribution >= 0.6 is 0 Å². The Kier molecular flexibility index (Phi) is 7.17. The summed E-state index contributed by atoms with van der Waals surface area (Å²) in [7, 11) is 0. The number of nitrogens with one attached hydrogen (secondary N) is 2. The van der Waals surface area contributed by atoms with Gasteiger partial charge in [0, 0.05) is 42.2 Å². The maximum atomic E-state index is 12.6. The first-order chi connectivity index (χ1) is 15.5. The highest BCUT2D eigenvalue weighted by Crippen LogP contribution is 2.20. The van der Waals surface area contributed by atoms with E-state index < -0.39 is 0 Å². The van der Waals surface area contributed by atoms with Crippen molar-refractivity contribution in [2.75, 3.05) is 18.4 Å². The number of rotatable bonds is 7. The Labute approximate surface area is 190 Å². The molecule has 2 amide bonds. The van der Waals surface area contributed by atoms with Crippen molar-refractivity contribution in [1.82, 2.24) is 15.2 Å². The molecule has 0 spiro atoms. The zero-order valence-electron chi connectivity index (χ0n) is 18.9. The topological polar surface area (TPSA) is 57.3 Å². The maximum Gasteiger partial charge on any atom is 0.319 e. The average molecular weight is 429 g/mol. The lowest BCUT2D eigenvalue weighted by Crippen LogP contribution is -2.42. The van der Waals surface area contributed by atoms with Gasteiger partial charge in [-0.15, -0.1) is 0 Å². The molecule has 32 heavy (non-hydrogen) atoms. The summed E-state index contributed by atoms with van der Waals surface area (Å²) in [5.41, 5.74) is 5.29. The highest BCUT2D eigenvalue weighted by molar-refractivity contribution is 5.89. The van der Waals surface area contributed by atoms with E-state index in [2.05, 4.69) is 81.2 Å². The first-order valence-corrected chi connectivity index (χ1v) is 11.4. The van der Waals surface area contributed by atoms with Crippen LogP contribution in [0.4, 0.5) is 10.5 Å². The quantitative estimate of drug-likeness (QED) is 0.571. The second-order valence-corrected chi connectivity index (χ2v) is 8.75. The molecule has 1 fully saturated rings. The van der Waals surface area contributed by atoms with Crippen LogP contribution in [0.5, 0.6) is 0 Å². The van der Waals surface area contributed by atoms with Crippen molar-refractivity contribution in [2.45, 2.75) is 45.2 Å². The molecule has 5 heteroatoms. The average Bonchev–Trinajstić information content (AvgIpc) is 3.22. The van der Waals surface area contributed by atoms with E-state index in [-0.39, 0.29) is 12.1 Å². The standard InChI is InChI=1S/C27H32N4O/c1-20-15-25(16-21(2)28-20)30-27(32)29-24-13-14-31(19-24)26(17-22-9-5-3-6-10-22)18-23-11-7-4-8-12-23/h3-12,15-16,24,26H,13-14,17-19H2,1-2H3,(H2,28,29,30,32)/t24-/m1/s1. The first kappa shape index (κ1) is 22.0. The lowest BCUT2D eigenvalue weighted by Gasteiger charge is -2.28. The molecule has 1 aliphatic rings. The SMILES string of the molecule is Cc1cc(NC(=O)N[C@@H]2CCN(C(Cc3ccccc3)Cc3ccccc3)C2)cc(C)n1. The number of amides is 2. The Bertz CT molecular complexity index is 961. The third-order valence-corrected chi connectivity index (χ3v) is 6.04. The third kappa shape index (κ3) is 6.17. The summed E-state index contributed by atoms with van der Waals surface area (Å²) in [4.78, 5) is 19.5. The van der Waals surface area contributed by atoms with Crippen molar-refractivity contribution in [3.8, 4) is 0 Å². The Morgan fingerprint density at radius 3 is 2.09 bits per heavy atom. The summed E-state index contributed by atoms with van der Waals surface area (Å²) in [6, 6.07) is 25.6. The molecule has 0 bridgehead atoms. The van der Waals surface area contributed by atoms with E-state index in [9.17, 15) is 4.79 Å². The van der Waals surface area contributed by atoms with Gasteiger partial charge in [0.1, 0.15) is 0 Å². The summed E-state index contributed by atoms with van der Waals surface area (Å²) in [5.74, 6) is 0. The minimum Gasteiger partial charge on any atom is -0.334 e. The Morgan fingerprint density at radius 1 is 0.969 bits per heavy atom. The number of anilines is 1. The number of aromatic nitrogens is 1. The highest BCUT2D eigenvalue weighted by atomic mass is 16.2. The first-order valence-electron chi connectivity index (χ1n) is 11.4. The molecule has 1 aliphatic heterocycles. The molecule has 0 unspecified atom stereocenters. The molecule has 0 radical (unpaired) electrons. The zero-order chi connectivity index (χ0) is 22.3. The number of carbonyl (C=O) groups is 1. The van der Waals surface area contributed by atoms with Crippen LogP contribution in [0.1, 0.15) is 28.9 Å². The van der Waals surface area contributed by atoms with Crippen molar-refractivity contribution in [3.05, 3.63) is 95.3 Å². The smallest absolute Gasteiger partial charge is 0.319 e. The highest BCUT2D eigenvalue weighted by Gasteiger charge is 2.29. The van der Waals surface area contributed by atoms with Crippen LogP contribution in [0.3, 0.4) is 0 Å². The Hall–Kier alpha value is -3.18. The number of pyridine rings is 1. The van der Waals surface area contributed by atoms with Crippen LogP contribution in [0.15, 0.2) is 72.8 Å². The minimum atomic E-state index is -0.149. The molecule has 2 aromatic carbocycles. The van der Waals surface area contributed by atoms with Gasteiger partial charge in [-0.05, 0) is 56.4 Å². The number of benzene rings is 2. The van der Waals surface area contributed by atoms with Gasteiger partial charge in [0.05, 0.1) is 0 Å². The van der Waals surface area contributed by atoms with E-state index >= 15 is 0 Å². The summed E-state index contributed by atoms with van der Waals surface area (Å²) in [6.07, 6.45) is 2.97. The van der Waals surface area contributed by atoms with E-state index in [1.54, 1.807) is 0 Å². The summed E-state index contributed by atoms with van der Waals surface area (Å²) in [5, 5.41) is 6.13. The molecule has 2 N–H and O–H groups in total. The van der Waals surface area contributed by atoms with Gasteiger partial charge < -0.3 is 10.6 Å². The fraction of sp³-hybridized carbons (Fsp3) is 0.333. The van der Waals surface area contributed by atoms with E-state index in [0.717, 1.165) is 49.4 Å². The number of hydrogen-bond donors (Lipinski definition) is 2. The van der Waals surface area contributed by atoms with Crippen molar-refractivity contribution in [2.24, 2.45) is 0 Å². The lowest BCUT2D eigenvalue weighted by molar-refractivity contribution is 0.229. The van der Waals surface area contributed by atoms with Gasteiger partial charge in [0.2, 0.25) is 0 Å². The Morgan fingerprint density at radius 2 is 1.53 bits per heavy atom. The molecule has 0 saturated carbocycles. The monoisotopic (exact) mass is 428 g/mol. The van der Waals surface area contributed by atoms with Crippen molar-refractivity contribution in [1.29, 1.82) is 0 Å². The van der Waals surface area contributed by atoms with Crippen LogP contribution in [0.25, 0.3) is 0 Å². The molecule has 166 valence electrons. The normalized spacial score (nSPS) is 16.3. The Balaban J connectivity index is 1.38. The number of hydrogen-bond acceptors (Lipinski definition) is 3. The number of urea groups is 1. The summed E-state index contributed by atoms with van der Waals surface area (Å²) in [6.45, 7) is 5.73. The van der Waals surface area contributed by atoms with Gasteiger partial charge in [-0.25, -0.2) is 4.79 Å². The van der Waals surface area contributed by atoms with Crippen molar-refractivity contribution >= 4 is 11.7 Å². The van der Waals surface area contributed by atoms with Crippen LogP contribution in [-0.2, 0) is 12.8 Å². The predicted molar refractivity (Wildman–Crippen MR) is 130 cm³/mol. The molecule has 1 aromatic heterocycles. The van der Waals surface area contributed by atoms with Gasteiger partial charge >= 0.3 is 6.03 Å². The summed E-state index contributed by atoms with van der Waals surface area (Å²) >= 11 is 0. The molecule has 5 nitrogen and oxygen atoms in total. The van der Waals surface area contributed by atoms with Crippen LogP contribution in [0.2, 0.25) is 0 Å². The summed E-state index contributed by atoms with van der Waals surface area (Å²) < 4.78 is 0. The molecular weight excluding hydrogens is 396 g/mol. The zero-order valence-corrected chi connectivity index (χ0v) is 18.9. The number of aryl methyl sites for hydroxylation is 2. The predicted octanol–water partition coefficient (Wildman–Crippen LogP) is 4.75. The van der Waals surface area contributed by atoms with Crippen molar-refractivity contribution < 1.29 is 4.79 Å². The van der Waals surface area contributed by atoms with E-state index in [0.29, 0.717) is 6.04 Å². The van der Waals surface area contributed by atoms with Crippen molar-refractivity contribution in [3.63, 3.8) is 0 Å².